The number of aromatic hydroxyl groups is 1. The maximum absolute atomic E-state index is 12.9. The summed E-state index contributed by atoms with van der Waals surface area (Å²) in [6.45, 7) is 1.71. The van der Waals surface area contributed by atoms with E-state index in [-0.39, 0.29) is 17.1 Å². The first-order valence-electron chi connectivity index (χ1n) is 6.86. The molecule has 118 valence electrons. The van der Waals surface area contributed by atoms with Crippen molar-refractivity contribution < 1.29 is 14.3 Å². The second kappa shape index (κ2) is 5.85. The quantitative estimate of drug-likeness (QED) is 0.690. The zero-order valence-electron chi connectivity index (χ0n) is 12.1. The fourth-order valence-electron chi connectivity index (χ4n) is 2.31. The predicted octanol–water partition coefficient (Wildman–Crippen LogP) is 2.93. The van der Waals surface area contributed by atoms with Crippen LogP contribution in [0.3, 0.4) is 0 Å². The minimum atomic E-state index is -0.684. The Hall–Kier alpha value is -2.67. The number of aromatic nitrogens is 1. The molecular weight excluding hydrogens is 319 g/mol. The van der Waals surface area contributed by atoms with E-state index in [2.05, 4.69) is 10.3 Å². The van der Waals surface area contributed by atoms with Gasteiger partial charge in [-0.05, 0) is 36.1 Å². The molecule has 1 amide bonds. The zero-order chi connectivity index (χ0) is 16.6. The first-order valence-corrected chi connectivity index (χ1v) is 7.74. The molecule has 0 aliphatic carbocycles. The van der Waals surface area contributed by atoms with Gasteiger partial charge in [0, 0.05) is 0 Å². The molecule has 2 heterocycles. The molecule has 0 saturated carbocycles. The van der Waals surface area contributed by atoms with Crippen LogP contribution in [0.4, 0.5) is 4.39 Å². The van der Waals surface area contributed by atoms with Gasteiger partial charge in [0.1, 0.15) is 11.4 Å². The molecule has 1 aromatic carbocycles. The summed E-state index contributed by atoms with van der Waals surface area (Å²) < 4.78 is 13.4. The Morgan fingerprint density at radius 3 is 2.70 bits per heavy atom. The Kier molecular flexibility index (Phi) is 3.87. The Balaban J connectivity index is 1.91. The van der Waals surface area contributed by atoms with Gasteiger partial charge in [-0.2, -0.15) is 0 Å². The molecule has 0 radical (unpaired) electrons. The maximum Gasteiger partial charge on any atom is 0.265 e. The fourth-order valence-corrected chi connectivity index (χ4v) is 3.11. The molecule has 3 aromatic rings. The van der Waals surface area contributed by atoms with Crippen molar-refractivity contribution in [1.29, 1.82) is 0 Å². The van der Waals surface area contributed by atoms with Crippen molar-refractivity contribution >= 4 is 27.5 Å². The summed E-state index contributed by atoms with van der Waals surface area (Å²) in [4.78, 5) is 26.9. The smallest absolute Gasteiger partial charge is 0.265 e. The Bertz CT molecular complexity index is 931. The molecule has 2 aromatic heterocycles. The number of carbonyl (C=O) groups excluding carboxylic acids is 1. The number of carbonyl (C=O) groups is 1. The highest BCUT2D eigenvalue weighted by Crippen LogP contribution is 2.29. The largest absolute Gasteiger partial charge is 0.505 e. The van der Waals surface area contributed by atoms with Gasteiger partial charge in [0.2, 0.25) is 0 Å². The number of hydrogen-bond acceptors (Lipinski definition) is 4. The Morgan fingerprint density at radius 2 is 2.00 bits per heavy atom. The third-order valence-electron chi connectivity index (χ3n) is 3.54. The second-order valence-electron chi connectivity index (χ2n) is 5.09. The van der Waals surface area contributed by atoms with E-state index < -0.39 is 17.5 Å². The van der Waals surface area contributed by atoms with E-state index in [1.54, 1.807) is 30.5 Å². The highest BCUT2D eigenvalue weighted by molar-refractivity contribution is 7.17. The standard InChI is InChI=1S/C16H13FN2O3S/c1-8(9-2-4-10(17)5-3-9)18-15(21)12-13(20)14-11(6-7-23-14)19-16(12)22/h2-8H,1H3,(H,18,21)(H2,19,20,22). The second-order valence-corrected chi connectivity index (χ2v) is 6.00. The molecule has 0 bridgehead atoms. The molecule has 7 heteroatoms. The molecule has 0 saturated heterocycles. The van der Waals surface area contributed by atoms with Crippen molar-refractivity contribution in [3.8, 4) is 5.75 Å². The van der Waals surface area contributed by atoms with Crippen molar-refractivity contribution in [2.24, 2.45) is 0 Å². The molecular formula is C16H13FN2O3S. The van der Waals surface area contributed by atoms with Gasteiger partial charge in [-0.15, -0.1) is 11.3 Å². The van der Waals surface area contributed by atoms with Gasteiger partial charge in [-0.3, -0.25) is 9.59 Å². The number of H-pyrrole nitrogens is 1. The van der Waals surface area contributed by atoms with Gasteiger partial charge >= 0.3 is 0 Å². The number of fused-ring (bicyclic) bond motifs is 1. The summed E-state index contributed by atoms with van der Waals surface area (Å²) in [5, 5.41) is 14.5. The normalized spacial score (nSPS) is 12.3. The number of pyridine rings is 1. The average molecular weight is 332 g/mol. The summed E-state index contributed by atoms with van der Waals surface area (Å²) in [5.41, 5.74) is 0.194. The molecule has 0 aliphatic heterocycles. The van der Waals surface area contributed by atoms with E-state index in [0.29, 0.717) is 15.8 Å². The maximum atomic E-state index is 12.9. The average Bonchev–Trinajstić information content (AvgIpc) is 2.96. The summed E-state index contributed by atoms with van der Waals surface area (Å²) in [7, 11) is 0. The lowest BCUT2D eigenvalue weighted by Gasteiger charge is -2.14. The van der Waals surface area contributed by atoms with E-state index >= 15 is 0 Å². The number of amides is 1. The van der Waals surface area contributed by atoms with Crippen molar-refractivity contribution in [2.75, 3.05) is 0 Å². The molecule has 23 heavy (non-hydrogen) atoms. The molecule has 5 nitrogen and oxygen atoms in total. The lowest BCUT2D eigenvalue weighted by Crippen LogP contribution is -2.31. The van der Waals surface area contributed by atoms with Crippen LogP contribution in [0.2, 0.25) is 0 Å². The summed E-state index contributed by atoms with van der Waals surface area (Å²) in [6.07, 6.45) is 0. The lowest BCUT2D eigenvalue weighted by atomic mass is 10.1. The van der Waals surface area contributed by atoms with Crippen molar-refractivity contribution in [2.45, 2.75) is 13.0 Å². The molecule has 0 aliphatic rings. The van der Waals surface area contributed by atoms with Gasteiger partial charge < -0.3 is 15.4 Å². The van der Waals surface area contributed by atoms with Gasteiger partial charge in [0.15, 0.2) is 5.75 Å². The van der Waals surface area contributed by atoms with E-state index in [1.165, 1.54) is 23.5 Å². The highest BCUT2D eigenvalue weighted by Gasteiger charge is 2.21. The topological polar surface area (TPSA) is 82.2 Å². The first kappa shape index (κ1) is 15.2. The van der Waals surface area contributed by atoms with Crippen LogP contribution in [0.15, 0.2) is 40.5 Å². The Labute approximate surface area is 134 Å². The van der Waals surface area contributed by atoms with Crippen LogP contribution in [-0.2, 0) is 0 Å². The number of aromatic amines is 1. The monoisotopic (exact) mass is 332 g/mol. The Morgan fingerprint density at radius 1 is 1.30 bits per heavy atom. The number of thiophene rings is 1. The van der Waals surface area contributed by atoms with E-state index in [1.807, 2.05) is 0 Å². The van der Waals surface area contributed by atoms with Crippen molar-refractivity contribution in [3.63, 3.8) is 0 Å². The van der Waals surface area contributed by atoms with Gasteiger partial charge in [-0.1, -0.05) is 12.1 Å². The predicted molar refractivity (Wildman–Crippen MR) is 86.4 cm³/mol. The summed E-state index contributed by atoms with van der Waals surface area (Å²) in [5.74, 6) is -1.39. The third kappa shape index (κ3) is 2.83. The fraction of sp³-hybridized carbons (Fsp3) is 0.125. The van der Waals surface area contributed by atoms with E-state index in [9.17, 15) is 19.1 Å². The lowest BCUT2D eigenvalue weighted by molar-refractivity contribution is 0.0936. The van der Waals surface area contributed by atoms with Crippen LogP contribution in [0, 0.1) is 5.82 Å². The number of halogens is 1. The van der Waals surface area contributed by atoms with Crippen LogP contribution >= 0.6 is 11.3 Å². The van der Waals surface area contributed by atoms with E-state index in [0.717, 1.165) is 0 Å². The van der Waals surface area contributed by atoms with Gasteiger partial charge in [-0.25, -0.2) is 4.39 Å². The molecule has 3 N–H and O–H groups in total. The molecule has 0 spiro atoms. The number of hydrogen-bond donors (Lipinski definition) is 3. The van der Waals surface area contributed by atoms with Crippen molar-refractivity contribution in [1.82, 2.24) is 10.3 Å². The van der Waals surface area contributed by atoms with Crippen LogP contribution < -0.4 is 10.9 Å². The zero-order valence-corrected chi connectivity index (χ0v) is 12.9. The first-order chi connectivity index (χ1) is 11.0. The number of rotatable bonds is 3. The minimum Gasteiger partial charge on any atom is -0.505 e. The van der Waals surface area contributed by atoms with Gasteiger partial charge in [0.05, 0.1) is 16.3 Å². The minimum absolute atomic E-state index is 0.325. The number of benzene rings is 1. The highest BCUT2D eigenvalue weighted by atomic mass is 32.1. The summed E-state index contributed by atoms with van der Waals surface area (Å²) in [6, 6.07) is 6.89. The van der Waals surface area contributed by atoms with Crippen LogP contribution in [0.1, 0.15) is 28.9 Å². The third-order valence-corrected chi connectivity index (χ3v) is 4.46. The van der Waals surface area contributed by atoms with Crippen LogP contribution in [-0.4, -0.2) is 16.0 Å². The SMILES string of the molecule is CC(NC(=O)c1c(O)c2sccc2[nH]c1=O)c1ccc(F)cc1. The van der Waals surface area contributed by atoms with Crippen LogP contribution in [0.25, 0.3) is 10.2 Å². The number of nitrogens with one attached hydrogen (secondary N) is 2. The molecule has 3 rings (SSSR count). The summed E-state index contributed by atoms with van der Waals surface area (Å²) >= 11 is 1.23. The molecule has 0 fully saturated rings. The van der Waals surface area contributed by atoms with E-state index in [4.69, 9.17) is 0 Å². The molecule has 1 atom stereocenters. The van der Waals surface area contributed by atoms with Gasteiger partial charge in [0.25, 0.3) is 11.5 Å². The van der Waals surface area contributed by atoms with Crippen LogP contribution in [0.5, 0.6) is 5.75 Å². The van der Waals surface area contributed by atoms with Crippen molar-refractivity contribution in [3.05, 3.63) is 63.0 Å². The molecule has 1 unspecified atom stereocenters.